The van der Waals surface area contributed by atoms with Crippen LogP contribution in [0.2, 0.25) is 0 Å². The van der Waals surface area contributed by atoms with Gasteiger partial charge in [-0.2, -0.15) is 0 Å². The molecular weight excluding hydrogens is 446 g/mol. The third-order valence-electron chi connectivity index (χ3n) is 5.86. The molecule has 0 saturated heterocycles. The summed E-state index contributed by atoms with van der Waals surface area (Å²) in [5.41, 5.74) is 1.20. The van der Waals surface area contributed by atoms with Crippen molar-refractivity contribution in [1.29, 1.82) is 0 Å². The number of carbonyl (C=O) groups excluding carboxylic acids is 3. The third-order valence-corrected chi connectivity index (χ3v) is 6.94. The summed E-state index contributed by atoms with van der Waals surface area (Å²) in [5, 5.41) is 8.83. The summed E-state index contributed by atoms with van der Waals surface area (Å²) in [4.78, 5) is 38.4. The van der Waals surface area contributed by atoms with Gasteiger partial charge in [0.25, 0.3) is 5.91 Å². The average molecular weight is 482 g/mol. The molecule has 0 atom stereocenters. The minimum absolute atomic E-state index is 0.00641. The summed E-state index contributed by atoms with van der Waals surface area (Å²) in [6.07, 6.45) is 6.19. The maximum Gasteiger partial charge on any atom is 0.256 e. The fourth-order valence-electron chi connectivity index (χ4n) is 3.82. The zero-order valence-corrected chi connectivity index (χ0v) is 21.1. The van der Waals surface area contributed by atoms with E-state index >= 15 is 0 Å². The molecule has 0 radical (unpaired) electrons. The second-order valence-corrected chi connectivity index (χ2v) is 10.8. The molecule has 0 aromatic heterocycles. The van der Waals surface area contributed by atoms with Gasteiger partial charge >= 0.3 is 0 Å². The van der Waals surface area contributed by atoms with Crippen molar-refractivity contribution in [1.82, 2.24) is 5.32 Å². The Morgan fingerprint density at radius 1 is 0.912 bits per heavy atom. The number of amides is 3. The number of rotatable bonds is 8. The first-order valence-electron chi connectivity index (χ1n) is 11.9. The van der Waals surface area contributed by atoms with Crippen molar-refractivity contribution in [2.75, 3.05) is 22.9 Å². The lowest BCUT2D eigenvalue weighted by atomic mass is 9.89. The van der Waals surface area contributed by atoms with E-state index in [4.69, 9.17) is 0 Å². The lowest BCUT2D eigenvalue weighted by Crippen LogP contribution is -2.31. The Morgan fingerprint density at radius 3 is 2.29 bits per heavy atom. The number of hydrogen-bond acceptors (Lipinski definition) is 4. The quantitative estimate of drug-likeness (QED) is 0.421. The van der Waals surface area contributed by atoms with Crippen molar-refractivity contribution >= 4 is 40.9 Å². The monoisotopic (exact) mass is 481 g/mol. The topological polar surface area (TPSA) is 87.3 Å². The van der Waals surface area contributed by atoms with Crippen LogP contribution in [-0.4, -0.2) is 30.0 Å². The minimum atomic E-state index is -0.516. The molecular formula is C27H35N3O3S. The zero-order chi connectivity index (χ0) is 24.6. The van der Waals surface area contributed by atoms with Gasteiger partial charge in [-0.05, 0) is 49.1 Å². The first kappa shape index (κ1) is 25.8. The first-order valence-corrected chi connectivity index (χ1v) is 12.9. The second-order valence-electron chi connectivity index (χ2n) is 9.83. The number of thioether (sulfide) groups is 1. The van der Waals surface area contributed by atoms with Crippen molar-refractivity contribution in [3.8, 4) is 0 Å². The summed E-state index contributed by atoms with van der Waals surface area (Å²) in [6, 6.07) is 14.4. The molecule has 7 heteroatoms. The molecule has 2 aromatic carbocycles. The van der Waals surface area contributed by atoms with Crippen LogP contribution in [-0.2, 0) is 9.59 Å². The van der Waals surface area contributed by atoms with Gasteiger partial charge in [0, 0.05) is 28.2 Å². The highest BCUT2D eigenvalue weighted by Gasteiger charge is 2.21. The predicted molar refractivity (Wildman–Crippen MR) is 139 cm³/mol. The second kappa shape index (κ2) is 12.1. The Morgan fingerprint density at radius 2 is 1.59 bits per heavy atom. The van der Waals surface area contributed by atoms with E-state index in [2.05, 4.69) is 16.0 Å². The van der Waals surface area contributed by atoms with Crippen LogP contribution in [0.4, 0.5) is 11.4 Å². The van der Waals surface area contributed by atoms with Crippen LogP contribution >= 0.6 is 11.8 Å². The summed E-state index contributed by atoms with van der Waals surface area (Å²) >= 11 is 1.37. The number of anilines is 2. The van der Waals surface area contributed by atoms with Crippen molar-refractivity contribution in [3.63, 3.8) is 0 Å². The third kappa shape index (κ3) is 7.90. The Labute approximate surface area is 206 Å². The molecule has 0 aliphatic heterocycles. The van der Waals surface area contributed by atoms with Gasteiger partial charge in [0.2, 0.25) is 11.8 Å². The van der Waals surface area contributed by atoms with Gasteiger partial charge in [0.15, 0.2) is 0 Å². The van der Waals surface area contributed by atoms with Crippen LogP contribution in [0.25, 0.3) is 0 Å². The summed E-state index contributed by atoms with van der Waals surface area (Å²) in [6.45, 7) is 6.28. The van der Waals surface area contributed by atoms with E-state index in [1.165, 1.54) is 43.9 Å². The van der Waals surface area contributed by atoms with Crippen LogP contribution in [0.5, 0.6) is 0 Å². The maximum atomic E-state index is 13.0. The molecule has 1 aliphatic carbocycles. The van der Waals surface area contributed by atoms with E-state index in [1.807, 2.05) is 39.0 Å². The Hall–Kier alpha value is -2.80. The zero-order valence-electron chi connectivity index (χ0n) is 20.3. The van der Waals surface area contributed by atoms with Crippen LogP contribution in [0, 0.1) is 11.3 Å². The predicted octanol–water partition coefficient (Wildman–Crippen LogP) is 5.71. The Kier molecular flexibility index (Phi) is 9.16. The van der Waals surface area contributed by atoms with Gasteiger partial charge in [-0.1, -0.05) is 58.2 Å². The van der Waals surface area contributed by atoms with Crippen LogP contribution in [0.15, 0.2) is 53.4 Å². The molecule has 1 saturated carbocycles. The molecule has 34 heavy (non-hydrogen) atoms. The molecule has 0 bridgehead atoms. The molecule has 0 heterocycles. The molecule has 6 nitrogen and oxygen atoms in total. The summed E-state index contributed by atoms with van der Waals surface area (Å²) < 4.78 is 0. The van der Waals surface area contributed by atoms with Gasteiger partial charge in [0.1, 0.15) is 0 Å². The fourth-order valence-corrected chi connectivity index (χ4v) is 4.70. The van der Waals surface area contributed by atoms with Crippen molar-refractivity contribution < 1.29 is 14.4 Å². The largest absolute Gasteiger partial charge is 0.355 e. The lowest BCUT2D eigenvalue weighted by Gasteiger charge is -2.21. The van der Waals surface area contributed by atoms with E-state index in [-0.39, 0.29) is 23.5 Å². The normalized spacial score (nSPS) is 14.3. The molecule has 182 valence electrons. The van der Waals surface area contributed by atoms with Crippen molar-refractivity contribution in [2.24, 2.45) is 11.3 Å². The average Bonchev–Trinajstić information content (AvgIpc) is 2.82. The highest BCUT2D eigenvalue weighted by Crippen LogP contribution is 2.26. The van der Waals surface area contributed by atoms with E-state index in [1.54, 1.807) is 30.3 Å². The van der Waals surface area contributed by atoms with E-state index in [0.717, 1.165) is 11.4 Å². The van der Waals surface area contributed by atoms with Crippen molar-refractivity contribution in [3.05, 3.63) is 54.1 Å². The van der Waals surface area contributed by atoms with Gasteiger partial charge in [-0.25, -0.2) is 0 Å². The molecule has 3 N–H and O–H groups in total. The van der Waals surface area contributed by atoms with Crippen LogP contribution < -0.4 is 16.0 Å². The minimum Gasteiger partial charge on any atom is -0.355 e. The van der Waals surface area contributed by atoms with E-state index in [9.17, 15) is 14.4 Å². The Bertz CT molecular complexity index is 1010. The van der Waals surface area contributed by atoms with Crippen LogP contribution in [0.1, 0.15) is 63.2 Å². The molecule has 3 amide bonds. The van der Waals surface area contributed by atoms with E-state index < -0.39 is 5.41 Å². The molecule has 0 spiro atoms. The Balaban J connectivity index is 1.57. The summed E-state index contributed by atoms with van der Waals surface area (Å²) in [7, 11) is 0. The molecule has 1 fully saturated rings. The SMILES string of the molecule is CC(C)(C)C(=O)Nc1cccc(NC(=O)c2ccccc2SCC(=O)NCC2CCCCC2)c1. The number of benzene rings is 2. The first-order chi connectivity index (χ1) is 16.2. The summed E-state index contributed by atoms with van der Waals surface area (Å²) in [5.74, 6) is 0.494. The lowest BCUT2D eigenvalue weighted by molar-refractivity contribution is -0.123. The number of hydrogen-bond donors (Lipinski definition) is 3. The van der Waals surface area contributed by atoms with E-state index in [0.29, 0.717) is 22.9 Å². The van der Waals surface area contributed by atoms with Crippen molar-refractivity contribution in [2.45, 2.75) is 57.8 Å². The highest BCUT2D eigenvalue weighted by molar-refractivity contribution is 8.00. The van der Waals surface area contributed by atoms with Gasteiger partial charge in [-0.15, -0.1) is 11.8 Å². The molecule has 1 aliphatic rings. The highest BCUT2D eigenvalue weighted by atomic mass is 32.2. The molecule has 2 aromatic rings. The van der Waals surface area contributed by atoms with Crippen LogP contribution in [0.3, 0.4) is 0 Å². The van der Waals surface area contributed by atoms with Gasteiger partial charge in [0.05, 0.1) is 11.3 Å². The van der Waals surface area contributed by atoms with Gasteiger partial charge in [-0.3, -0.25) is 14.4 Å². The number of carbonyl (C=O) groups is 3. The smallest absolute Gasteiger partial charge is 0.256 e. The molecule has 0 unspecified atom stereocenters. The fraction of sp³-hybridized carbons (Fsp3) is 0.444. The van der Waals surface area contributed by atoms with Gasteiger partial charge < -0.3 is 16.0 Å². The molecule has 3 rings (SSSR count). The standard InChI is InChI=1S/C27H35N3O3S/c1-27(2,3)26(33)30-21-13-9-12-20(16-21)29-25(32)22-14-7-8-15-23(22)34-18-24(31)28-17-19-10-5-4-6-11-19/h7-9,12-16,19H,4-6,10-11,17-18H2,1-3H3,(H,28,31)(H,29,32)(H,30,33). The maximum absolute atomic E-state index is 13.0. The number of nitrogens with one attached hydrogen (secondary N) is 3.